The van der Waals surface area contributed by atoms with Gasteiger partial charge in [0.15, 0.2) is 0 Å². The smallest absolute Gasteiger partial charge is 0.115 e. The summed E-state index contributed by atoms with van der Waals surface area (Å²) < 4.78 is 5.76. The van der Waals surface area contributed by atoms with E-state index in [4.69, 9.17) is 4.74 Å². The fourth-order valence-electron chi connectivity index (χ4n) is 2.35. The van der Waals surface area contributed by atoms with Crippen molar-refractivity contribution in [2.45, 2.75) is 45.4 Å². The highest BCUT2D eigenvalue weighted by molar-refractivity contribution is 5.25. The van der Waals surface area contributed by atoms with Crippen molar-refractivity contribution in [1.82, 2.24) is 5.32 Å². The van der Waals surface area contributed by atoms with E-state index in [0.29, 0.717) is 23.8 Å². The van der Waals surface area contributed by atoms with Gasteiger partial charge in [0.1, 0.15) is 5.75 Å². The second-order valence-corrected chi connectivity index (χ2v) is 5.42. The average Bonchev–Trinajstić information content (AvgIpc) is 2.38. The lowest BCUT2D eigenvalue weighted by Crippen LogP contribution is -2.40. The molecule has 1 fully saturated rings. The summed E-state index contributed by atoms with van der Waals surface area (Å²) in [5.74, 6) is 0.910. The summed E-state index contributed by atoms with van der Waals surface area (Å²) in [4.78, 5) is 0. The first-order chi connectivity index (χ1) is 8.65. The van der Waals surface area contributed by atoms with E-state index in [1.165, 1.54) is 5.56 Å². The normalized spacial score (nSPS) is 24.4. The third kappa shape index (κ3) is 3.72. The number of aromatic hydroxyl groups is 1. The minimum Gasteiger partial charge on any atom is -0.508 e. The van der Waals surface area contributed by atoms with Gasteiger partial charge in [0.25, 0.3) is 0 Å². The minimum absolute atomic E-state index is 0.324. The molecule has 100 valence electrons. The van der Waals surface area contributed by atoms with E-state index in [2.05, 4.69) is 19.2 Å². The SMILES string of the molecule is CC(C)C1CC(NCc2ccc(O)cc2)CCO1. The Morgan fingerprint density at radius 1 is 1.33 bits per heavy atom. The molecule has 0 radical (unpaired) electrons. The summed E-state index contributed by atoms with van der Waals surface area (Å²) in [6.45, 7) is 6.14. The summed E-state index contributed by atoms with van der Waals surface area (Å²) in [7, 11) is 0. The summed E-state index contributed by atoms with van der Waals surface area (Å²) >= 11 is 0. The third-order valence-corrected chi connectivity index (χ3v) is 3.59. The van der Waals surface area contributed by atoms with Crippen LogP contribution < -0.4 is 5.32 Å². The van der Waals surface area contributed by atoms with Gasteiger partial charge in [-0.15, -0.1) is 0 Å². The van der Waals surface area contributed by atoms with Gasteiger partial charge >= 0.3 is 0 Å². The van der Waals surface area contributed by atoms with Crippen LogP contribution in [0.2, 0.25) is 0 Å². The second-order valence-electron chi connectivity index (χ2n) is 5.42. The van der Waals surface area contributed by atoms with Gasteiger partial charge < -0.3 is 15.2 Å². The molecule has 0 aromatic heterocycles. The van der Waals surface area contributed by atoms with Crippen LogP contribution in [0.3, 0.4) is 0 Å². The number of ether oxygens (including phenoxy) is 1. The molecule has 1 saturated heterocycles. The highest BCUT2D eigenvalue weighted by Crippen LogP contribution is 2.20. The minimum atomic E-state index is 0.324. The number of nitrogens with one attached hydrogen (secondary N) is 1. The van der Waals surface area contributed by atoms with Gasteiger partial charge in [-0.05, 0) is 36.5 Å². The van der Waals surface area contributed by atoms with E-state index in [-0.39, 0.29) is 0 Å². The van der Waals surface area contributed by atoms with Gasteiger partial charge in [-0.3, -0.25) is 0 Å². The molecule has 2 atom stereocenters. The topological polar surface area (TPSA) is 41.5 Å². The first-order valence-corrected chi connectivity index (χ1v) is 6.78. The van der Waals surface area contributed by atoms with Crippen molar-refractivity contribution in [1.29, 1.82) is 0 Å². The van der Waals surface area contributed by atoms with Crippen LogP contribution in [0.4, 0.5) is 0 Å². The molecule has 1 aliphatic heterocycles. The molecule has 3 nitrogen and oxygen atoms in total. The molecule has 18 heavy (non-hydrogen) atoms. The highest BCUT2D eigenvalue weighted by atomic mass is 16.5. The van der Waals surface area contributed by atoms with Crippen LogP contribution in [-0.4, -0.2) is 23.9 Å². The van der Waals surface area contributed by atoms with Gasteiger partial charge in [0.05, 0.1) is 6.10 Å². The third-order valence-electron chi connectivity index (χ3n) is 3.59. The summed E-state index contributed by atoms with van der Waals surface area (Å²) in [6, 6.07) is 7.93. The maximum atomic E-state index is 9.23. The molecular formula is C15H23NO2. The molecule has 0 aliphatic carbocycles. The first-order valence-electron chi connectivity index (χ1n) is 6.78. The molecule has 0 amide bonds. The van der Waals surface area contributed by atoms with E-state index in [9.17, 15) is 5.11 Å². The molecular weight excluding hydrogens is 226 g/mol. The molecule has 1 heterocycles. The maximum absolute atomic E-state index is 9.23. The van der Waals surface area contributed by atoms with Crippen molar-refractivity contribution in [2.75, 3.05) is 6.61 Å². The number of rotatable bonds is 4. The van der Waals surface area contributed by atoms with Crippen molar-refractivity contribution in [2.24, 2.45) is 5.92 Å². The molecule has 1 aliphatic rings. The monoisotopic (exact) mass is 249 g/mol. The van der Waals surface area contributed by atoms with Crippen LogP contribution in [0.15, 0.2) is 24.3 Å². The van der Waals surface area contributed by atoms with E-state index >= 15 is 0 Å². The van der Waals surface area contributed by atoms with Crippen LogP contribution in [0.5, 0.6) is 5.75 Å². The quantitative estimate of drug-likeness (QED) is 0.862. The number of benzene rings is 1. The summed E-state index contributed by atoms with van der Waals surface area (Å²) in [5, 5.41) is 12.8. The summed E-state index contributed by atoms with van der Waals surface area (Å²) in [6.07, 6.45) is 2.56. The van der Waals surface area contributed by atoms with Crippen molar-refractivity contribution >= 4 is 0 Å². The van der Waals surface area contributed by atoms with Crippen LogP contribution in [0, 0.1) is 5.92 Å². The van der Waals surface area contributed by atoms with Crippen LogP contribution in [0.1, 0.15) is 32.3 Å². The zero-order chi connectivity index (χ0) is 13.0. The van der Waals surface area contributed by atoms with Crippen LogP contribution in [-0.2, 0) is 11.3 Å². The largest absolute Gasteiger partial charge is 0.508 e. The van der Waals surface area contributed by atoms with Crippen molar-refractivity contribution in [3.8, 4) is 5.75 Å². The highest BCUT2D eigenvalue weighted by Gasteiger charge is 2.24. The fourth-order valence-corrected chi connectivity index (χ4v) is 2.35. The number of phenolic OH excluding ortho intramolecular Hbond substituents is 1. The van der Waals surface area contributed by atoms with Crippen LogP contribution in [0.25, 0.3) is 0 Å². The predicted molar refractivity (Wildman–Crippen MR) is 72.5 cm³/mol. The van der Waals surface area contributed by atoms with E-state index in [1.807, 2.05) is 12.1 Å². The maximum Gasteiger partial charge on any atom is 0.115 e. The molecule has 2 unspecified atom stereocenters. The van der Waals surface area contributed by atoms with E-state index in [0.717, 1.165) is 26.0 Å². The molecule has 0 spiro atoms. The zero-order valence-corrected chi connectivity index (χ0v) is 11.2. The van der Waals surface area contributed by atoms with Gasteiger partial charge in [-0.25, -0.2) is 0 Å². The Labute approximate surface area is 109 Å². The van der Waals surface area contributed by atoms with Crippen LogP contribution >= 0.6 is 0 Å². The van der Waals surface area contributed by atoms with Crippen molar-refractivity contribution in [3.05, 3.63) is 29.8 Å². The standard InChI is InChI=1S/C15H23NO2/c1-11(2)15-9-13(7-8-18-15)16-10-12-3-5-14(17)6-4-12/h3-6,11,13,15-17H,7-10H2,1-2H3. The Kier molecular flexibility index (Phi) is 4.61. The van der Waals surface area contributed by atoms with Gasteiger partial charge in [-0.1, -0.05) is 26.0 Å². The molecule has 2 rings (SSSR count). The van der Waals surface area contributed by atoms with E-state index in [1.54, 1.807) is 12.1 Å². The molecule has 0 saturated carbocycles. The lowest BCUT2D eigenvalue weighted by atomic mass is 9.95. The molecule has 3 heteroatoms. The Hall–Kier alpha value is -1.06. The van der Waals surface area contributed by atoms with E-state index < -0.39 is 0 Å². The first kappa shape index (κ1) is 13.4. The molecule has 0 bridgehead atoms. The number of hydrogen-bond acceptors (Lipinski definition) is 3. The van der Waals surface area contributed by atoms with Gasteiger partial charge in [-0.2, -0.15) is 0 Å². The second kappa shape index (κ2) is 6.21. The predicted octanol–water partition coefficient (Wildman–Crippen LogP) is 2.69. The lowest BCUT2D eigenvalue weighted by Gasteiger charge is -2.32. The Balaban J connectivity index is 1.81. The number of hydrogen-bond donors (Lipinski definition) is 2. The van der Waals surface area contributed by atoms with Crippen molar-refractivity contribution < 1.29 is 9.84 Å². The van der Waals surface area contributed by atoms with Crippen molar-refractivity contribution in [3.63, 3.8) is 0 Å². The molecule has 1 aromatic rings. The summed E-state index contributed by atoms with van der Waals surface area (Å²) in [5.41, 5.74) is 1.21. The van der Waals surface area contributed by atoms with Gasteiger partial charge in [0.2, 0.25) is 0 Å². The Bertz CT molecular complexity index is 361. The Morgan fingerprint density at radius 3 is 2.72 bits per heavy atom. The number of phenols is 1. The fraction of sp³-hybridized carbons (Fsp3) is 0.600. The zero-order valence-electron chi connectivity index (χ0n) is 11.2. The van der Waals surface area contributed by atoms with Gasteiger partial charge in [0, 0.05) is 19.2 Å². The average molecular weight is 249 g/mol. The Morgan fingerprint density at radius 2 is 2.06 bits per heavy atom. The molecule has 1 aromatic carbocycles. The lowest BCUT2D eigenvalue weighted by molar-refractivity contribution is -0.0245. The molecule has 2 N–H and O–H groups in total.